The predicted octanol–water partition coefficient (Wildman–Crippen LogP) is 1.37. The van der Waals surface area contributed by atoms with Crippen molar-refractivity contribution in [1.82, 2.24) is 20.0 Å². The highest BCUT2D eigenvalue weighted by Crippen LogP contribution is 2.24. The molecule has 1 heterocycles. The summed E-state index contributed by atoms with van der Waals surface area (Å²) in [5, 5.41) is 2.94. The van der Waals surface area contributed by atoms with Gasteiger partial charge in [0.1, 0.15) is 6.04 Å². The molecule has 0 bridgehead atoms. The summed E-state index contributed by atoms with van der Waals surface area (Å²) in [5.74, 6) is 0.207. The van der Waals surface area contributed by atoms with Crippen LogP contribution in [0.2, 0.25) is 0 Å². The van der Waals surface area contributed by atoms with Crippen molar-refractivity contribution in [2.75, 3.05) is 66.1 Å². The molecule has 1 aromatic rings. The molecule has 7 nitrogen and oxygen atoms in total. The molecule has 0 aromatic heterocycles. The van der Waals surface area contributed by atoms with E-state index in [1.54, 1.807) is 7.11 Å². The highest BCUT2D eigenvalue weighted by molar-refractivity contribution is 5.83. The van der Waals surface area contributed by atoms with E-state index in [2.05, 4.69) is 15.1 Å². The van der Waals surface area contributed by atoms with Gasteiger partial charge in [-0.2, -0.15) is 0 Å². The van der Waals surface area contributed by atoms with Crippen molar-refractivity contribution in [3.05, 3.63) is 35.9 Å². The molecule has 1 aliphatic rings. The lowest BCUT2D eigenvalue weighted by molar-refractivity contribution is -0.138. The lowest BCUT2D eigenvalue weighted by Crippen LogP contribution is -2.53. The molecule has 162 valence electrons. The molecule has 1 unspecified atom stereocenters. The van der Waals surface area contributed by atoms with E-state index in [4.69, 9.17) is 4.74 Å². The number of rotatable bonds is 11. The van der Waals surface area contributed by atoms with Gasteiger partial charge in [0.25, 0.3) is 0 Å². The average Bonchev–Trinajstić information content (AvgIpc) is 2.74. The summed E-state index contributed by atoms with van der Waals surface area (Å²) in [4.78, 5) is 31.7. The number of methoxy groups -OCH3 is 1. The van der Waals surface area contributed by atoms with E-state index < -0.39 is 0 Å². The van der Waals surface area contributed by atoms with Crippen molar-refractivity contribution in [3.63, 3.8) is 0 Å². The molecule has 1 atom stereocenters. The van der Waals surface area contributed by atoms with Crippen molar-refractivity contribution in [2.45, 2.75) is 26.3 Å². The van der Waals surface area contributed by atoms with Crippen molar-refractivity contribution in [3.8, 4) is 0 Å². The molecule has 0 spiro atoms. The third-order valence-electron chi connectivity index (χ3n) is 5.41. The second-order valence-electron chi connectivity index (χ2n) is 7.33. The van der Waals surface area contributed by atoms with E-state index in [1.807, 2.05) is 49.1 Å². The van der Waals surface area contributed by atoms with Gasteiger partial charge in [-0.3, -0.25) is 19.4 Å². The Balaban J connectivity index is 1.94. The zero-order chi connectivity index (χ0) is 21.1. The van der Waals surface area contributed by atoms with Crippen LogP contribution in [0, 0.1) is 0 Å². The van der Waals surface area contributed by atoms with Gasteiger partial charge in [-0.15, -0.1) is 0 Å². The number of nitrogens with one attached hydrogen (secondary N) is 1. The number of amides is 2. The molecular weight excluding hydrogens is 368 g/mol. The van der Waals surface area contributed by atoms with Crippen LogP contribution in [0.3, 0.4) is 0 Å². The lowest BCUT2D eigenvalue weighted by atomic mass is 10.0. The number of ether oxygens (including phenoxy) is 1. The minimum Gasteiger partial charge on any atom is -0.385 e. The molecule has 2 rings (SSSR count). The topological polar surface area (TPSA) is 65.1 Å². The molecule has 0 saturated carbocycles. The summed E-state index contributed by atoms with van der Waals surface area (Å²) in [6.07, 6.45) is 0.822. The monoisotopic (exact) mass is 404 g/mol. The zero-order valence-electron chi connectivity index (χ0n) is 18.1. The van der Waals surface area contributed by atoms with Gasteiger partial charge in [0.05, 0.1) is 6.54 Å². The third-order valence-corrected chi connectivity index (χ3v) is 5.41. The summed E-state index contributed by atoms with van der Waals surface area (Å²) in [7, 11) is 1.66. The van der Waals surface area contributed by atoms with Crippen molar-refractivity contribution in [1.29, 1.82) is 0 Å². The normalized spacial score (nSPS) is 16.4. The van der Waals surface area contributed by atoms with Gasteiger partial charge in [-0.1, -0.05) is 30.3 Å². The Kier molecular flexibility index (Phi) is 10.1. The van der Waals surface area contributed by atoms with Crippen LogP contribution in [0.25, 0.3) is 0 Å². The highest BCUT2D eigenvalue weighted by atomic mass is 16.5. The standard InChI is InChI=1S/C22H36N4O3/c1-4-25(5-2)22(28)21(19-10-7-6-8-11-19)26-15-13-24(14-16-26)18-20(27)23-12-9-17-29-3/h6-8,10-11,21H,4-5,9,12-18H2,1-3H3,(H,23,27). The number of hydrogen-bond acceptors (Lipinski definition) is 5. The number of likely N-dealkylation sites (N-methyl/N-ethyl adjacent to an activating group) is 1. The minimum atomic E-state index is -0.263. The molecule has 1 saturated heterocycles. The Morgan fingerprint density at radius 3 is 2.34 bits per heavy atom. The van der Waals surface area contributed by atoms with E-state index in [9.17, 15) is 9.59 Å². The van der Waals surface area contributed by atoms with Gasteiger partial charge < -0.3 is 15.0 Å². The summed E-state index contributed by atoms with van der Waals surface area (Å²) >= 11 is 0. The van der Waals surface area contributed by atoms with Crippen LogP contribution in [0.5, 0.6) is 0 Å². The predicted molar refractivity (Wildman–Crippen MR) is 115 cm³/mol. The fourth-order valence-electron chi connectivity index (χ4n) is 3.74. The number of piperazine rings is 1. The maximum Gasteiger partial charge on any atom is 0.244 e. The van der Waals surface area contributed by atoms with Crippen LogP contribution >= 0.6 is 0 Å². The van der Waals surface area contributed by atoms with Crippen LogP contribution in [-0.2, 0) is 14.3 Å². The Morgan fingerprint density at radius 1 is 1.10 bits per heavy atom. The van der Waals surface area contributed by atoms with Gasteiger partial charge in [-0.25, -0.2) is 0 Å². The Hall–Kier alpha value is -1.96. The maximum atomic E-state index is 13.2. The first-order valence-corrected chi connectivity index (χ1v) is 10.7. The second-order valence-corrected chi connectivity index (χ2v) is 7.33. The molecule has 1 aliphatic heterocycles. The molecule has 29 heavy (non-hydrogen) atoms. The lowest BCUT2D eigenvalue weighted by Gasteiger charge is -2.40. The molecule has 7 heteroatoms. The SMILES string of the molecule is CCN(CC)C(=O)C(c1ccccc1)N1CCN(CC(=O)NCCCOC)CC1. The molecular formula is C22H36N4O3. The summed E-state index contributed by atoms with van der Waals surface area (Å²) < 4.78 is 5.00. The first-order valence-electron chi connectivity index (χ1n) is 10.7. The number of carbonyl (C=O) groups is 2. The molecule has 1 aromatic carbocycles. The van der Waals surface area contributed by atoms with Gasteiger partial charge in [-0.05, 0) is 25.8 Å². The first kappa shape index (κ1) is 23.3. The van der Waals surface area contributed by atoms with E-state index in [0.717, 1.165) is 38.2 Å². The van der Waals surface area contributed by atoms with Crippen molar-refractivity contribution in [2.24, 2.45) is 0 Å². The molecule has 0 aliphatic carbocycles. The van der Waals surface area contributed by atoms with Crippen LogP contribution in [0.15, 0.2) is 30.3 Å². The highest BCUT2D eigenvalue weighted by Gasteiger charge is 2.32. The largest absolute Gasteiger partial charge is 0.385 e. The number of nitrogens with zero attached hydrogens (tertiary/aromatic N) is 3. The van der Waals surface area contributed by atoms with Crippen LogP contribution in [-0.4, -0.2) is 92.6 Å². The van der Waals surface area contributed by atoms with Crippen molar-refractivity contribution < 1.29 is 14.3 Å². The number of carbonyl (C=O) groups excluding carboxylic acids is 2. The van der Waals surface area contributed by atoms with Crippen molar-refractivity contribution >= 4 is 11.8 Å². The summed E-state index contributed by atoms with van der Waals surface area (Å²) in [6.45, 7) is 10.2. The van der Waals surface area contributed by atoms with E-state index in [0.29, 0.717) is 32.8 Å². The van der Waals surface area contributed by atoms with Gasteiger partial charge in [0, 0.05) is 59.5 Å². The number of hydrogen-bond donors (Lipinski definition) is 1. The molecule has 1 N–H and O–H groups in total. The van der Waals surface area contributed by atoms with Gasteiger partial charge in [0.15, 0.2) is 0 Å². The van der Waals surface area contributed by atoms with E-state index in [1.165, 1.54) is 0 Å². The quantitative estimate of drug-likeness (QED) is 0.565. The Labute approximate surface area is 175 Å². The van der Waals surface area contributed by atoms with Crippen LogP contribution in [0.1, 0.15) is 31.9 Å². The summed E-state index contributed by atoms with van der Waals surface area (Å²) in [5.41, 5.74) is 1.04. The molecule has 1 fully saturated rings. The molecule has 0 radical (unpaired) electrons. The van der Waals surface area contributed by atoms with E-state index in [-0.39, 0.29) is 17.9 Å². The average molecular weight is 405 g/mol. The summed E-state index contributed by atoms with van der Waals surface area (Å²) in [6, 6.07) is 9.76. The van der Waals surface area contributed by atoms with E-state index >= 15 is 0 Å². The zero-order valence-corrected chi connectivity index (χ0v) is 18.1. The fourth-order valence-corrected chi connectivity index (χ4v) is 3.74. The minimum absolute atomic E-state index is 0.0494. The van der Waals surface area contributed by atoms with Gasteiger partial charge in [0.2, 0.25) is 11.8 Å². The third kappa shape index (κ3) is 7.10. The molecule has 2 amide bonds. The maximum absolute atomic E-state index is 13.2. The Bertz CT molecular complexity index is 614. The fraction of sp³-hybridized carbons (Fsp3) is 0.636. The Morgan fingerprint density at radius 2 is 1.76 bits per heavy atom. The van der Waals surface area contributed by atoms with Crippen LogP contribution in [0.4, 0.5) is 0 Å². The first-order chi connectivity index (χ1) is 14.1. The second kappa shape index (κ2) is 12.6. The van der Waals surface area contributed by atoms with Crippen LogP contribution < -0.4 is 5.32 Å². The smallest absolute Gasteiger partial charge is 0.244 e. The number of benzene rings is 1. The van der Waals surface area contributed by atoms with Gasteiger partial charge >= 0.3 is 0 Å².